The maximum Gasteiger partial charge on any atom is 0.0694 e. The number of nitrogens with zero attached hydrogens (tertiary/aromatic N) is 2. The number of aromatic nitrogens is 4. The maximum atomic E-state index is 5.43. The molecule has 282 valence electrons. The Balaban J connectivity index is 1.79. The Morgan fingerprint density at radius 1 is 0.385 bits per heavy atom. The number of aryl methyl sites for hydroxylation is 4. The van der Waals surface area contributed by atoms with Crippen LogP contribution in [0.2, 0.25) is 0 Å². The van der Waals surface area contributed by atoms with Gasteiger partial charge in [0, 0.05) is 22.1 Å². The van der Waals surface area contributed by atoms with Crippen LogP contribution in [-0.2, 0) is 12.8 Å². The van der Waals surface area contributed by atoms with Gasteiger partial charge in [0.2, 0.25) is 0 Å². The Morgan fingerprint density at radius 3 is 1.21 bits per heavy atom. The van der Waals surface area contributed by atoms with Crippen molar-refractivity contribution in [2.75, 3.05) is 0 Å². The molecule has 2 aliphatic rings. The van der Waals surface area contributed by atoms with Crippen molar-refractivity contribution < 1.29 is 0 Å². The smallest absolute Gasteiger partial charge is 0.0694 e. The Bertz CT molecular complexity index is 1880. The fourth-order valence-electron chi connectivity index (χ4n) is 8.41. The summed E-state index contributed by atoms with van der Waals surface area (Å²) in [6, 6.07) is 9.48. The number of fused-ring (bicyclic) bond motifs is 8. The summed E-state index contributed by atoms with van der Waals surface area (Å²) in [5.41, 5.74) is 20.5. The van der Waals surface area contributed by atoms with Crippen molar-refractivity contribution in [1.82, 2.24) is 19.9 Å². The average molecular weight is 703 g/mol. The van der Waals surface area contributed by atoms with E-state index in [2.05, 4.69) is 89.6 Å². The summed E-state index contributed by atoms with van der Waals surface area (Å²) in [6.07, 6.45) is 24.5. The quantitative estimate of drug-likeness (QED) is 0.115. The summed E-state index contributed by atoms with van der Waals surface area (Å²) < 4.78 is 0. The fourth-order valence-corrected chi connectivity index (χ4v) is 8.41. The molecule has 0 atom stereocenters. The molecular weight excluding hydrogens is 633 g/mol. The van der Waals surface area contributed by atoms with E-state index in [1.807, 2.05) is 0 Å². The molecule has 5 rings (SSSR count). The molecule has 3 aromatic rings. The van der Waals surface area contributed by atoms with Gasteiger partial charge in [-0.25, -0.2) is 9.97 Å². The molecule has 0 amide bonds. The zero-order valence-corrected chi connectivity index (χ0v) is 34.3. The van der Waals surface area contributed by atoms with Crippen LogP contribution < -0.4 is 0 Å². The number of rotatable bonds is 20. The maximum absolute atomic E-state index is 5.43. The molecule has 4 nitrogen and oxygen atoms in total. The van der Waals surface area contributed by atoms with E-state index in [-0.39, 0.29) is 0 Å². The Morgan fingerprint density at radius 2 is 0.750 bits per heavy atom. The topological polar surface area (TPSA) is 57.4 Å². The van der Waals surface area contributed by atoms with Gasteiger partial charge in [0.1, 0.15) is 0 Å². The van der Waals surface area contributed by atoms with Gasteiger partial charge in [-0.2, -0.15) is 0 Å². The second-order valence-electron chi connectivity index (χ2n) is 15.9. The van der Waals surface area contributed by atoms with Crippen molar-refractivity contribution in [2.24, 2.45) is 0 Å². The van der Waals surface area contributed by atoms with Crippen LogP contribution in [0.5, 0.6) is 0 Å². The van der Waals surface area contributed by atoms with Crippen LogP contribution in [0, 0.1) is 13.8 Å². The first-order valence-electron chi connectivity index (χ1n) is 21.4. The molecule has 2 N–H and O–H groups in total. The highest BCUT2D eigenvalue weighted by atomic mass is 14.8. The third kappa shape index (κ3) is 9.57. The third-order valence-corrected chi connectivity index (χ3v) is 11.9. The normalized spacial score (nSPS) is 13.2. The van der Waals surface area contributed by atoms with E-state index >= 15 is 0 Å². The fraction of sp³-hybridized carbons (Fsp3) is 0.583. The van der Waals surface area contributed by atoms with Crippen LogP contribution in [0.1, 0.15) is 202 Å². The van der Waals surface area contributed by atoms with Crippen molar-refractivity contribution >= 4 is 44.4 Å². The van der Waals surface area contributed by atoms with Crippen molar-refractivity contribution in [2.45, 2.75) is 184 Å². The van der Waals surface area contributed by atoms with Crippen molar-refractivity contribution in [3.05, 3.63) is 69.3 Å². The summed E-state index contributed by atoms with van der Waals surface area (Å²) in [5, 5.41) is 0. The zero-order valence-electron chi connectivity index (χ0n) is 34.3. The second-order valence-corrected chi connectivity index (χ2v) is 15.9. The van der Waals surface area contributed by atoms with Crippen LogP contribution in [0.3, 0.4) is 0 Å². The van der Waals surface area contributed by atoms with Crippen LogP contribution in [0.4, 0.5) is 0 Å². The SMILES string of the molecule is CCCCCCC1=C(C)c2cc3[nH]c(cc4[nH]c(cc5nc(cc1n2)C(C)=C5CCCCCC)c(C)c4CCCCCC)c(C)c3CCCCCC. The zero-order chi connectivity index (χ0) is 37.0. The highest BCUT2D eigenvalue weighted by molar-refractivity contribution is 5.95. The molecular formula is C48H70N4. The van der Waals surface area contributed by atoms with Gasteiger partial charge in [0.05, 0.1) is 22.8 Å². The van der Waals surface area contributed by atoms with Gasteiger partial charge in [-0.05, 0) is 148 Å². The minimum Gasteiger partial charge on any atom is -0.355 e. The molecule has 0 fully saturated rings. The van der Waals surface area contributed by atoms with Crippen LogP contribution in [0.15, 0.2) is 24.3 Å². The number of hydrogen-bond acceptors (Lipinski definition) is 2. The first kappa shape index (κ1) is 39.8. The molecule has 4 heteroatoms. The predicted octanol–water partition coefficient (Wildman–Crippen LogP) is 15.0. The number of aromatic amines is 2. The molecule has 3 aromatic heterocycles. The van der Waals surface area contributed by atoms with Gasteiger partial charge in [0.15, 0.2) is 0 Å². The molecule has 0 unspecified atom stereocenters. The van der Waals surface area contributed by atoms with Gasteiger partial charge in [0.25, 0.3) is 0 Å². The third-order valence-electron chi connectivity index (χ3n) is 11.9. The van der Waals surface area contributed by atoms with Gasteiger partial charge in [-0.3, -0.25) is 0 Å². The molecule has 5 heterocycles. The molecule has 0 aliphatic carbocycles. The summed E-state index contributed by atoms with van der Waals surface area (Å²) >= 11 is 0. The van der Waals surface area contributed by atoms with Crippen molar-refractivity contribution in [3.8, 4) is 0 Å². The standard InChI is InChI=1S/C48H70N4/c1-9-13-17-21-25-37-33(5)41-30-46-39(27-23-19-15-11-3)35(7)43(51-46)32-48-40(28-24-20-16-12-4)36(8)44(52-48)31-47-38(26-22-18-14-10-2)34(6)42(50-47)29-45(37)49-41/h29-32,49-50H,9-28H2,1-8H3. The summed E-state index contributed by atoms with van der Waals surface area (Å²) in [5.74, 6) is 0. The van der Waals surface area contributed by atoms with E-state index in [1.165, 1.54) is 169 Å². The molecule has 0 aromatic carbocycles. The highest BCUT2D eigenvalue weighted by Gasteiger charge is 2.22. The number of H-pyrrole nitrogens is 2. The summed E-state index contributed by atoms with van der Waals surface area (Å²) in [6.45, 7) is 18.5. The van der Waals surface area contributed by atoms with Crippen LogP contribution >= 0.6 is 0 Å². The molecule has 0 saturated carbocycles. The highest BCUT2D eigenvalue weighted by Crippen LogP contribution is 2.38. The molecule has 8 bridgehead atoms. The largest absolute Gasteiger partial charge is 0.355 e. The number of allylic oxidation sites excluding steroid dienone is 4. The van der Waals surface area contributed by atoms with E-state index in [0.29, 0.717) is 0 Å². The number of nitrogens with one attached hydrogen (secondary N) is 2. The molecule has 0 saturated heterocycles. The van der Waals surface area contributed by atoms with Gasteiger partial charge in [-0.15, -0.1) is 0 Å². The lowest BCUT2D eigenvalue weighted by molar-refractivity contribution is 0.667. The second kappa shape index (κ2) is 19.6. The first-order valence-corrected chi connectivity index (χ1v) is 21.4. The van der Waals surface area contributed by atoms with E-state index < -0.39 is 0 Å². The molecule has 52 heavy (non-hydrogen) atoms. The van der Waals surface area contributed by atoms with E-state index in [4.69, 9.17) is 9.97 Å². The minimum absolute atomic E-state index is 1.07. The lowest BCUT2D eigenvalue weighted by Gasteiger charge is -2.06. The molecule has 2 aliphatic heterocycles. The molecule has 0 radical (unpaired) electrons. The van der Waals surface area contributed by atoms with Crippen LogP contribution in [0.25, 0.3) is 44.4 Å². The predicted molar refractivity (Wildman–Crippen MR) is 229 cm³/mol. The Kier molecular flexibility index (Phi) is 15.0. The van der Waals surface area contributed by atoms with Gasteiger partial charge >= 0.3 is 0 Å². The first-order chi connectivity index (χ1) is 25.3. The van der Waals surface area contributed by atoms with E-state index in [9.17, 15) is 0 Å². The lowest BCUT2D eigenvalue weighted by Crippen LogP contribution is -1.88. The average Bonchev–Trinajstić information content (AvgIpc) is 3.79. The van der Waals surface area contributed by atoms with Gasteiger partial charge in [-0.1, -0.05) is 105 Å². The lowest BCUT2D eigenvalue weighted by atomic mass is 9.97. The minimum atomic E-state index is 1.07. The van der Waals surface area contributed by atoms with E-state index in [1.54, 1.807) is 0 Å². The van der Waals surface area contributed by atoms with Crippen molar-refractivity contribution in [1.29, 1.82) is 0 Å². The van der Waals surface area contributed by atoms with Crippen LogP contribution in [-0.4, -0.2) is 19.9 Å². The Hall–Kier alpha value is -3.40. The Labute approximate surface area is 316 Å². The van der Waals surface area contributed by atoms with Gasteiger partial charge < -0.3 is 9.97 Å². The monoisotopic (exact) mass is 703 g/mol. The van der Waals surface area contributed by atoms with E-state index in [0.717, 1.165) is 48.5 Å². The number of unbranched alkanes of at least 4 members (excludes halogenated alkanes) is 12. The van der Waals surface area contributed by atoms with Crippen molar-refractivity contribution in [3.63, 3.8) is 0 Å². The summed E-state index contributed by atoms with van der Waals surface area (Å²) in [4.78, 5) is 18.8. The number of hydrogen-bond donors (Lipinski definition) is 2. The molecule has 0 spiro atoms. The summed E-state index contributed by atoms with van der Waals surface area (Å²) in [7, 11) is 0.